The molecule has 3 N–H and O–H groups in total. The number of halogens is 1. The molecule has 32 heavy (non-hydrogen) atoms. The van der Waals surface area contributed by atoms with Crippen LogP contribution in [0.2, 0.25) is 5.02 Å². The molecule has 164 valence electrons. The van der Waals surface area contributed by atoms with Gasteiger partial charge in [-0.2, -0.15) is 9.97 Å². The minimum Gasteiger partial charge on any atom is -0.475 e. The zero-order valence-electron chi connectivity index (χ0n) is 18.0. The highest BCUT2D eigenvalue weighted by atomic mass is 35.5. The van der Waals surface area contributed by atoms with Crippen LogP contribution in [0.25, 0.3) is 16.5 Å². The number of anilines is 2. The summed E-state index contributed by atoms with van der Waals surface area (Å²) in [5, 5.41) is 4.99. The number of nitrogens with one attached hydrogen (secondary N) is 1. The molecule has 0 aliphatic heterocycles. The van der Waals surface area contributed by atoms with Gasteiger partial charge in [0.05, 0.1) is 22.6 Å². The quantitative estimate of drug-likeness (QED) is 0.431. The van der Waals surface area contributed by atoms with Gasteiger partial charge in [0.25, 0.3) is 5.56 Å². The summed E-state index contributed by atoms with van der Waals surface area (Å²) in [7, 11) is 0. The molecule has 0 unspecified atom stereocenters. The predicted octanol–water partition coefficient (Wildman–Crippen LogP) is 4.98. The van der Waals surface area contributed by atoms with Crippen molar-refractivity contribution in [3.05, 3.63) is 81.7 Å². The minimum atomic E-state index is -0.299. The fraction of sp³-hybridized carbons (Fsp3) is 0.208. The van der Waals surface area contributed by atoms with Crippen LogP contribution in [0.1, 0.15) is 32.5 Å². The predicted molar refractivity (Wildman–Crippen MR) is 129 cm³/mol. The number of nitrogens with two attached hydrogens (primary N) is 1. The second kappa shape index (κ2) is 8.88. The van der Waals surface area contributed by atoms with E-state index in [1.165, 1.54) is 0 Å². The van der Waals surface area contributed by atoms with E-state index in [0.717, 1.165) is 16.8 Å². The molecule has 0 amide bonds. The summed E-state index contributed by atoms with van der Waals surface area (Å²) in [5.74, 6) is 0.982. The highest BCUT2D eigenvalue weighted by molar-refractivity contribution is 6.35. The molecule has 4 rings (SSSR count). The number of aromatic nitrogens is 3. The number of hydrogen-bond acceptors (Lipinski definition) is 6. The van der Waals surface area contributed by atoms with Crippen molar-refractivity contribution in [3.8, 4) is 11.6 Å². The van der Waals surface area contributed by atoms with Crippen molar-refractivity contribution in [3.63, 3.8) is 0 Å². The number of para-hydroxylation sites is 1. The first kappa shape index (κ1) is 21.6. The van der Waals surface area contributed by atoms with Crippen LogP contribution < -0.4 is 21.3 Å². The number of nitrogens with zero attached hydrogens (tertiary/aromatic N) is 3. The molecule has 0 spiro atoms. The van der Waals surface area contributed by atoms with E-state index in [2.05, 4.69) is 15.3 Å². The molecule has 2 heterocycles. The molecule has 8 heteroatoms. The fourth-order valence-electron chi connectivity index (χ4n) is 3.62. The van der Waals surface area contributed by atoms with Gasteiger partial charge in [-0.25, -0.2) is 0 Å². The third-order valence-electron chi connectivity index (χ3n) is 4.92. The molecule has 0 bridgehead atoms. The van der Waals surface area contributed by atoms with Crippen LogP contribution in [-0.2, 0) is 0 Å². The van der Waals surface area contributed by atoms with Crippen molar-refractivity contribution in [1.29, 1.82) is 0 Å². The number of rotatable bonds is 6. The van der Waals surface area contributed by atoms with Gasteiger partial charge in [-0.15, -0.1) is 0 Å². The second-order valence-electron chi connectivity index (χ2n) is 7.73. The van der Waals surface area contributed by atoms with Gasteiger partial charge < -0.3 is 15.8 Å². The fourth-order valence-corrected chi connectivity index (χ4v) is 3.88. The Morgan fingerprint density at radius 2 is 1.78 bits per heavy atom. The summed E-state index contributed by atoms with van der Waals surface area (Å²) in [5.41, 5.74) is 7.18. The number of hydrogen-bond donors (Lipinski definition) is 2. The van der Waals surface area contributed by atoms with Gasteiger partial charge in [-0.3, -0.25) is 9.36 Å². The number of nitrogen functional groups attached to an aromatic ring is 1. The molecule has 0 saturated carbocycles. The summed E-state index contributed by atoms with van der Waals surface area (Å²) >= 11 is 6.39. The van der Waals surface area contributed by atoms with E-state index in [1.54, 1.807) is 16.7 Å². The standard InChI is InChI=1S/C24H24ClN5O2/c1-14(2)32-21-13-20(28-24(26)29-21)27-15(3)19-12-16-8-7-11-18(25)22(16)23(31)30(19)17-9-5-4-6-10-17/h4-15H,1-3H3,(H3,26,27,28,29)/t15-/m0/s1. The molecule has 7 nitrogen and oxygen atoms in total. The Morgan fingerprint density at radius 3 is 2.50 bits per heavy atom. The Kier molecular flexibility index (Phi) is 6.01. The Bertz CT molecular complexity index is 1320. The Hall–Kier alpha value is -3.58. The first-order valence-electron chi connectivity index (χ1n) is 10.3. The molecular formula is C24H24ClN5O2. The number of fused-ring (bicyclic) bond motifs is 1. The van der Waals surface area contributed by atoms with E-state index in [0.29, 0.717) is 22.1 Å². The number of ether oxygens (including phenoxy) is 1. The number of pyridine rings is 1. The van der Waals surface area contributed by atoms with Crippen LogP contribution in [0.3, 0.4) is 0 Å². The van der Waals surface area contributed by atoms with Gasteiger partial charge in [0.2, 0.25) is 11.8 Å². The molecule has 4 aromatic rings. The number of benzene rings is 2. The molecule has 2 aromatic heterocycles. The van der Waals surface area contributed by atoms with E-state index < -0.39 is 0 Å². The Balaban J connectivity index is 1.83. The maximum Gasteiger partial charge on any atom is 0.264 e. The van der Waals surface area contributed by atoms with E-state index in [4.69, 9.17) is 22.1 Å². The van der Waals surface area contributed by atoms with Crippen LogP contribution >= 0.6 is 11.6 Å². The van der Waals surface area contributed by atoms with E-state index in [-0.39, 0.29) is 23.7 Å². The third-order valence-corrected chi connectivity index (χ3v) is 5.24. The maximum absolute atomic E-state index is 13.5. The highest BCUT2D eigenvalue weighted by Gasteiger charge is 2.18. The lowest BCUT2D eigenvalue weighted by molar-refractivity contribution is 0.233. The van der Waals surface area contributed by atoms with Crippen LogP contribution in [0.4, 0.5) is 11.8 Å². The van der Waals surface area contributed by atoms with Crippen molar-refractivity contribution >= 4 is 34.1 Å². The zero-order chi connectivity index (χ0) is 22.8. The average Bonchev–Trinajstić information content (AvgIpc) is 2.73. The van der Waals surface area contributed by atoms with Crippen molar-refractivity contribution < 1.29 is 4.74 Å². The molecular weight excluding hydrogens is 426 g/mol. The maximum atomic E-state index is 13.5. The smallest absolute Gasteiger partial charge is 0.264 e. The molecule has 1 atom stereocenters. The first-order valence-corrected chi connectivity index (χ1v) is 10.7. The molecule has 2 aromatic carbocycles. The lowest BCUT2D eigenvalue weighted by Gasteiger charge is -2.22. The van der Waals surface area contributed by atoms with Gasteiger partial charge >= 0.3 is 0 Å². The summed E-state index contributed by atoms with van der Waals surface area (Å²) in [6.45, 7) is 5.77. The first-order chi connectivity index (χ1) is 15.3. The highest BCUT2D eigenvalue weighted by Crippen LogP contribution is 2.27. The van der Waals surface area contributed by atoms with Crippen molar-refractivity contribution in [2.24, 2.45) is 0 Å². The molecule has 0 saturated heterocycles. The summed E-state index contributed by atoms with van der Waals surface area (Å²) in [6, 6.07) is 18.3. The average molecular weight is 450 g/mol. The van der Waals surface area contributed by atoms with Crippen LogP contribution in [-0.4, -0.2) is 20.6 Å². The van der Waals surface area contributed by atoms with Gasteiger partial charge in [-0.1, -0.05) is 41.9 Å². The summed E-state index contributed by atoms with van der Waals surface area (Å²) in [6.07, 6.45) is -0.0527. The Labute approximate surface area is 190 Å². The molecule has 0 radical (unpaired) electrons. The van der Waals surface area contributed by atoms with Crippen molar-refractivity contribution in [2.45, 2.75) is 32.9 Å². The van der Waals surface area contributed by atoms with Crippen LogP contribution in [0, 0.1) is 0 Å². The zero-order valence-corrected chi connectivity index (χ0v) is 18.8. The van der Waals surface area contributed by atoms with Gasteiger partial charge in [0.1, 0.15) is 5.82 Å². The summed E-state index contributed by atoms with van der Waals surface area (Å²) < 4.78 is 7.33. The van der Waals surface area contributed by atoms with Gasteiger partial charge in [0, 0.05) is 17.4 Å². The van der Waals surface area contributed by atoms with E-state index in [1.807, 2.05) is 69.3 Å². The minimum absolute atomic E-state index is 0.0527. The molecule has 0 aliphatic rings. The SMILES string of the molecule is CC(C)Oc1cc(N[C@@H](C)c2cc3cccc(Cl)c3c(=O)n2-c2ccccc2)nc(N)n1. The lowest BCUT2D eigenvalue weighted by Crippen LogP contribution is -2.26. The second-order valence-corrected chi connectivity index (χ2v) is 8.14. The molecule has 0 fully saturated rings. The topological polar surface area (TPSA) is 95.1 Å². The normalized spacial score (nSPS) is 12.2. The van der Waals surface area contributed by atoms with Crippen molar-refractivity contribution in [1.82, 2.24) is 14.5 Å². The van der Waals surface area contributed by atoms with E-state index in [9.17, 15) is 4.79 Å². The van der Waals surface area contributed by atoms with Gasteiger partial charge in [-0.05, 0) is 50.4 Å². The van der Waals surface area contributed by atoms with Crippen LogP contribution in [0.5, 0.6) is 5.88 Å². The lowest BCUT2D eigenvalue weighted by atomic mass is 10.1. The molecule has 0 aliphatic carbocycles. The van der Waals surface area contributed by atoms with Crippen molar-refractivity contribution in [2.75, 3.05) is 11.1 Å². The Morgan fingerprint density at radius 1 is 1.03 bits per heavy atom. The monoisotopic (exact) mass is 449 g/mol. The summed E-state index contributed by atoms with van der Waals surface area (Å²) in [4.78, 5) is 21.9. The largest absolute Gasteiger partial charge is 0.475 e. The van der Waals surface area contributed by atoms with Gasteiger partial charge in [0.15, 0.2) is 0 Å². The third kappa shape index (κ3) is 4.38. The van der Waals surface area contributed by atoms with E-state index >= 15 is 0 Å². The van der Waals surface area contributed by atoms with Crippen LogP contribution in [0.15, 0.2) is 65.5 Å².